The number of carboxylic acid groups (broad SMARTS) is 1. The van der Waals surface area contributed by atoms with Gasteiger partial charge in [-0.25, -0.2) is 9.59 Å². The minimum absolute atomic E-state index is 0.268. The smallest absolute Gasteiger partial charge is 0.411 e. The summed E-state index contributed by atoms with van der Waals surface area (Å²) < 4.78 is 5.53. The number of nitrogens with zero attached hydrogens (tertiary/aromatic N) is 1. The van der Waals surface area contributed by atoms with Crippen LogP contribution in [0, 0.1) is 5.41 Å². The van der Waals surface area contributed by atoms with E-state index in [0.29, 0.717) is 23.1 Å². The van der Waals surface area contributed by atoms with Crippen LogP contribution in [0.15, 0.2) is 30.3 Å². The van der Waals surface area contributed by atoms with Gasteiger partial charge >= 0.3 is 12.1 Å². The number of hydrogen-bond donors (Lipinski definition) is 2. The molecule has 2 unspecified atom stereocenters. The fourth-order valence-electron chi connectivity index (χ4n) is 4.33. The molecule has 146 valence electrons. The molecule has 6 nitrogen and oxygen atoms in total. The van der Waals surface area contributed by atoms with Gasteiger partial charge in [0.2, 0.25) is 0 Å². The zero-order chi connectivity index (χ0) is 20.2. The number of aliphatic hydroxyl groups is 1. The predicted molar refractivity (Wildman–Crippen MR) is 101 cm³/mol. The predicted octanol–water partition coefficient (Wildman–Crippen LogP) is 3.61. The Morgan fingerprint density at radius 2 is 1.85 bits per heavy atom. The van der Waals surface area contributed by atoms with Crippen LogP contribution in [0.4, 0.5) is 4.79 Å². The number of aliphatic hydroxyl groups excluding tert-OH is 1. The molecule has 1 saturated heterocycles. The van der Waals surface area contributed by atoms with Crippen molar-refractivity contribution < 1.29 is 24.5 Å². The average Bonchev–Trinajstić information content (AvgIpc) is 3.01. The van der Waals surface area contributed by atoms with Crippen molar-refractivity contribution in [3.8, 4) is 0 Å². The SMILES string of the molecule is CC(C)(C)OC(=O)N1CCC(C)(C)C1(C(=O)O)C1=CC(O)c2ccccc21. The van der Waals surface area contributed by atoms with E-state index in [4.69, 9.17) is 4.74 Å². The second kappa shape index (κ2) is 6.09. The summed E-state index contributed by atoms with van der Waals surface area (Å²) in [5.74, 6) is -1.12. The summed E-state index contributed by atoms with van der Waals surface area (Å²) in [7, 11) is 0. The van der Waals surface area contributed by atoms with Crippen molar-refractivity contribution in [3.63, 3.8) is 0 Å². The quantitative estimate of drug-likeness (QED) is 0.827. The first kappa shape index (κ1) is 19.4. The summed E-state index contributed by atoms with van der Waals surface area (Å²) in [5, 5.41) is 20.9. The molecule has 2 atom stereocenters. The molecule has 0 bridgehead atoms. The Labute approximate surface area is 159 Å². The number of carboxylic acids is 1. The van der Waals surface area contributed by atoms with Crippen molar-refractivity contribution in [2.75, 3.05) is 6.54 Å². The normalized spacial score (nSPS) is 26.5. The van der Waals surface area contributed by atoms with Crippen molar-refractivity contribution >= 4 is 17.6 Å². The highest BCUT2D eigenvalue weighted by molar-refractivity contribution is 6.03. The van der Waals surface area contributed by atoms with Crippen molar-refractivity contribution in [2.45, 2.75) is 58.3 Å². The summed E-state index contributed by atoms with van der Waals surface area (Å²) in [6.07, 6.45) is 0.511. The van der Waals surface area contributed by atoms with Crippen LogP contribution in [0.1, 0.15) is 58.3 Å². The first-order valence-corrected chi connectivity index (χ1v) is 9.15. The lowest BCUT2D eigenvalue weighted by Crippen LogP contribution is -2.60. The van der Waals surface area contributed by atoms with Gasteiger partial charge in [0.15, 0.2) is 5.54 Å². The second-order valence-corrected chi connectivity index (χ2v) is 8.89. The minimum atomic E-state index is -1.62. The van der Waals surface area contributed by atoms with E-state index in [1.54, 1.807) is 51.1 Å². The Morgan fingerprint density at radius 1 is 1.22 bits per heavy atom. The van der Waals surface area contributed by atoms with Crippen LogP contribution in [0.5, 0.6) is 0 Å². The first-order valence-electron chi connectivity index (χ1n) is 9.15. The third kappa shape index (κ3) is 2.83. The lowest BCUT2D eigenvalue weighted by atomic mass is 9.67. The fraction of sp³-hybridized carbons (Fsp3) is 0.524. The van der Waals surface area contributed by atoms with Gasteiger partial charge in [-0.3, -0.25) is 4.90 Å². The van der Waals surface area contributed by atoms with Gasteiger partial charge in [0, 0.05) is 12.0 Å². The summed E-state index contributed by atoms with van der Waals surface area (Å²) in [6.45, 7) is 9.22. The minimum Gasteiger partial charge on any atom is -0.479 e. The van der Waals surface area contributed by atoms with Crippen LogP contribution in [0.25, 0.3) is 5.57 Å². The topological polar surface area (TPSA) is 87.1 Å². The number of carbonyl (C=O) groups excluding carboxylic acids is 1. The van der Waals surface area contributed by atoms with Crippen LogP contribution in [0.3, 0.4) is 0 Å². The highest BCUT2D eigenvalue weighted by atomic mass is 16.6. The van der Waals surface area contributed by atoms with Crippen LogP contribution < -0.4 is 0 Å². The Bertz CT molecular complexity index is 820. The number of ether oxygens (including phenoxy) is 1. The first-order chi connectivity index (χ1) is 12.4. The summed E-state index contributed by atoms with van der Waals surface area (Å²) in [6, 6.07) is 7.18. The van der Waals surface area contributed by atoms with Crippen molar-refractivity contribution in [1.29, 1.82) is 0 Å². The Morgan fingerprint density at radius 3 is 2.44 bits per heavy atom. The molecular formula is C21H27NO5. The number of benzene rings is 1. The molecule has 0 saturated carbocycles. The van der Waals surface area contributed by atoms with E-state index in [1.807, 2.05) is 13.8 Å². The van der Waals surface area contributed by atoms with E-state index in [-0.39, 0.29) is 6.54 Å². The van der Waals surface area contributed by atoms with E-state index in [2.05, 4.69) is 0 Å². The van der Waals surface area contributed by atoms with E-state index in [9.17, 15) is 19.8 Å². The summed E-state index contributed by atoms with van der Waals surface area (Å²) >= 11 is 0. The molecule has 0 radical (unpaired) electrons. The van der Waals surface area contributed by atoms with Gasteiger partial charge in [0.25, 0.3) is 0 Å². The second-order valence-electron chi connectivity index (χ2n) is 8.89. The van der Waals surface area contributed by atoms with Crippen LogP contribution >= 0.6 is 0 Å². The van der Waals surface area contributed by atoms with Gasteiger partial charge in [-0.1, -0.05) is 38.1 Å². The fourth-order valence-corrected chi connectivity index (χ4v) is 4.33. The molecule has 27 heavy (non-hydrogen) atoms. The molecule has 1 aliphatic heterocycles. The molecule has 0 spiro atoms. The maximum Gasteiger partial charge on any atom is 0.411 e. The van der Waals surface area contributed by atoms with Gasteiger partial charge in [0.05, 0.1) is 6.10 Å². The zero-order valence-corrected chi connectivity index (χ0v) is 16.4. The van der Waals surface area contributed by atoms with Gasteiger partial charge in [-0.2, -0.15) is 0 Å². The van der Waals surface area contributed by atoms with E-state index in [1.165, 1.54) is 4.90 Å². The maximum absolute atomic E-state index is 13.0. The molecule has 2 N–H and O–H groups in total. The lowest BCUT2D eigenvalue weighted by molar-refractivity contribution is -0.150. The number of amides is 1. The van der Waals surface area contributed by atoms with E-state index < -0.39 is 34.7 Å². The third-order valence-corrected chi connectivity index (χ3v) is 5.55. The molecule has 0 aromatic heterocycles. The van der Waals surface area contributed by atoms with Crippen LogP contribution in [-0.4, -0.2) is 44.9 Å². The molecule has 6 heteroatoms. The molecule has 2 aliphatic rings. The molecule has 1 aromatic carbocycles. The van der Waals surface area contributed by atoms with E-state index >= 15 is 0 Å². The molecule has 1 aliphatic carbocycles. The summed E-state index contributed by atoms with van der Waals surface area (Å²) in [5.41, 5.74) is -1.35. The van der Waals surface area contributed by atoms with Gasteiger partial charge < -0.3 is 14.9 Å². The maximum atomic E-state index is 13.0. The molecule has 1 amide bonds. The molecule has 1 fully saturated rings. The number of likely N-dealkylation sites (tertiary alicyclic amines) is 1. The van der Waals surface area contributed by atoms with Gasteiger partial charge in [-0.05, 0) is 50.0 Å². The van der Waals surface area contributed by atoms with Crippen LogP contribution in [-0.2, 0) is 9.53 Å². The average molecular weight is 373 g/mol. The summed E-state index contributed by atoms with van der Waals surface area (Å²) in [4.78, 5) is 27.0. The third-order valence-electron chi connectivity index (χ3n) is 5.55. The monoisotopic (exact) mass is 373 g/mol. The van der Waals surface area contributed by atoms with Gasteiger partial charge in [0.1, 0.15) is 5.60 Å². The van der Waals surface area contributed by atoms with Gasteiger partial charge in [-0.15, -0.1) is 0 Å². The van der Waals surface area contributed by atoms with E-state index in [0.717, 1.165) is 0 Å². The molecule has 1 aromatic rings. The number of rotatable bonds is 2. The Hall–Kier alpha value is -2.34. The number of aliphatic carboxylic acids is 1. The van der Waals surface area contributed by atoms with Crippen LogP contribution in [0.2, 0.25) is 0 Å². The Balaban J connectivity index is 2.20. The zero-order valence-electron chi connectivity index (χ0n) is 16.4. The molecular weight excluding hydrogens is 346 g/mol. The number of fused-ring (bicyclic) bond motifs is 1. The molecule has 3 rings (SSSR count). The van der Waals surface area contributed by atoms with Crippen molar-refractivity contribution in [1.82, 2.24) is 4.90 Å². The number of hydrogen-bond acceptors (Lipinski definition) is 4. The largest absolute Gasteiger partial charge is 0.479 e. The number of carbonyl (C=O) groups is 2. The Kier molecular flexibility index (Phi) is 4.38. The van der Waals surface area contributed by atoms with Crippen molar-refractivity contribution in [2.24, 2.45) is 5.41 Å². The van der Waals surface area contributed by atoms with Crippen molar-refractivity contribution in [3.05, 3.63) is 41.5 Å². The molecule has 1 heterocycles. The lowest BCUT2D eigenvalue weighted by Gasteiger charge is -2.44. The highest BCUT2D eigenvalue weighted by Gasteiger charge is 2.65. The highest BCUT2D eigenvalue weighted by Crippen LogP contribution is 2.56. The standard InChI is InChI=1S/C21H27NO5/c1-19(2,3)27-18(26)22-11-10-20(4,5)21(22,17(24)25)15-12-16(23)14-9-7-6-8-13(14)15/h6-9,12,16,23H,10-11H2,1-5H3,(H,24,25).